The molecule has 0 aromatic carbocycles. The number of aliphatic hydroxyl groups is 1. The fourth-order valence-electron chi connectivity index (χ4n) is 3.84. The van der Waals surface area contributed by atoms with Crippen molar-refractivity contribution >= 4 is 5.91 Å². The highest BCUT2D eigenvalue weighted by atomic mass is 16.3. The summed E-state index contributed by atoms with van der Waals surface area (Å²) in [6.45, 7) is 3.56. The molecule has 1 aromatic heterocycles. The number of carbonyl (C=O) groups is 1. The van der Waals surface area contributed by atoms with Gasteiger partial charge in [-0.2, -0.15) is 0 Å². The average molecular weight is 274 g/mol. The van der Waals surface area contributed by atoms with Crippen LogP contribution in [0.2, 0.25) is 0 Å². The van der Waals surface area contributed by atoms with Crippen molar-refractivity contribution in [3.8, 4) is 0 Å². The Hall–Kier alpha value is -1.42. The topological polar surface area (TPSA) is 53.4 Å². The van der Waals surface area contributed by atoms with Gasteiger partial charge in [0.25, 0.3) is 5.91 Å². The number of hydrogen-bond acceptors (Lipinski definition) is 3. The molecule has 2 aliphatic rings. The van der Waals surface area contributed by atoms with Crippen LogP contribution in [0, 0.1) is 5.41 Å². The van der Waals surface area contributed by atoms with Gasteiger partial charge in [-0.15, -0.1) is 0 Å². The van der Waals surface area contributed by atoms with E-state index in [1.165, 1.54) is 0 Å². The molecule has 1 spiro atoms. The van der Waals surface area contributed by atoms with Crippen molar-refractivity contribution in [1.82, 2.24) is 9.88 Å². The standard InChI is InChI=1S/C16H22N2O2/c1-2-16(20)6-5-15(16)7-10-18(11-8-15)14(19)13-4-3-9-17-12-13/h3-4,9,12,20H,2,5-8,10-11H2,1H3. The fourth-order valence-corrected chi connectivity index (χ4v) is 3.84. The van der Waals surface area contributed by atoms with Crippen molar-refractivity contribution in [2.75, 3.05) is 13.1 Å². The van der Waals surface area contributed by atoms with Crippen LogP contribution in [-0.2, 0) is 0 Å². The van der Waals surface area contributed by atoms with Crippen LogP contribution in [0.3, 0.4) is 0 Å². The summed E-state index contributed by atoms with van der Waals surface area (Å²) in [6, 6.07) is 3.60. The van der Waals surface area contributed by atoms with Crippen molar-refractivity contribution in [1.29, 1.82) is 0 Å². The van der Waals surface area contributed by atoms with E-state index in [1.54, 1.807) is 18.5 Å². The van der Waals surface area contributed by atoms with Crippen LogP contribution in [0.25, 0.3) is 0 Å². The first-order chi connectivity index (χ1) is 9.60. The molecule has 1 unspecified atom stereocenters. The Kier molecular flexibility index (Phi) is 3.28. The molecule has 4 nitrogen and oxygen atoms in total. The number of aromatic nitrogens is 1. The number of rotatable bonds is 2. The molecule has 1 aliphatic heterocycles. The lowest BCUT2D eigenvalue weighted by atomic mass is 9.51. The highest BCUT2D eigenvalue weighted by molar-refractivity contribution is 5.93. The Morgan fingerprint density at radius 2 is 2.10 bits per heavy atom. The molecule has 1 saturated heterocycles. The molecular formula is C16H22N2O2. The summed E-state index contributed by atoms with van der Waals surface area (Å²) >= 11 is 0. The third-order valence-corrected chi connectivity index (χ3v) is 5.51. The zero-order valence-electron chi connectivity index (χ0n) is 12.0. The summed E-state index contributed by atoms with van der Waals surface area (Å²) in [5, 5.41) is 10.6. The van der Waals surface area contributed by atoms with E-state index in [0.29, 0.717) is 5.56 Å². The summed E-state index contributed by atoms with van der Waals surface area (Å²) in [5.74, 6) is 0.0623. The first kappa shape index (κ1) is 13.6. The molecule has 1 atom stereocenters. The SMILES string of the molecule is CCC1(O)CCC12CCN(C(=O)c1cccnc1)CC2. The Morgan fingerprint density at radius 1 is 1.35 bits per heavy atom. The van der Waals surface area contributed by atoms with Gasteiger partial charge in [-0.25, -0.2) is 0 Å². The van der Waals surface area contributed by atoms with Gasteiger partial charge in [0.2, 0.25) is 0 Å². The Balaban J connectivity index is 1.66. The van der Waals surface area contributed by atoms with Gasteiger partial charge in [0.15, 0.2) is 0 Å². The lowest BCUT2D eigenvalue weighted by molar-refractivity contribution is -0.188. The summed E-state index contributed by atoms with van der Waals surface area (Å²) in [7, 11) is 0. The summed E-state index contributed by atoms with van der Waals surface area (Å²) in [5.41, 5.74) is 0.229. The minimum absolute atomic E-state index is 0.0623. The van der Waals surface area contributed by atoms with Crippen molar-refractivity contribution < 1.29 is 9.90 Å². The van der Waals surface area contributed by atoms with Gasteiger partial charge in [-0.3, -0.25) is 9.78 Å². The van der Waals surface area contributed by atoms with Crippen LogP contribution in [0.1, 0.15) is 49.4 Å². The van der Waals surface area contributed by atoms with Crippen LogP contribution in [0.5, 0.6) is 0 Å². The average Bonchev–Trinajstić information content (AvgIpc) is 2.53. The van der Waals surface area contributed by atoms with E-state index in [9.17, 15) is 9.90 Å². The Morgan fingerprint density at radius 3 is 2.60 bits per heavy atom. The van der Waals surface area contributed by atoms with Crippen molar-refractivity contribution in [3.63, 3.8) is 0 Å². The van der Waals surface area contributed by atoms with E-state index < -0.39 is 5.60 Å². The Labute approximate surface area is 119 Å². The van der Waals surface area contributed by atoms with E-state index >= 15 is 0 Å². The monoisotopic (exact) mass is 274 g/mol. The quantitative estimate of drug-likeness (QED) is 0.900. The van der Waals surface area contributed by atoms with Gasteiger partial charge in [0.05, 0.1) is 11.2 Å². The predicted octanol–water partition coefficient (Wildman–Crippen LogP) is 2.24. The van der Waals surface area contributed by atoms with E-state index in [0.717, 1.165) is 45.2 Å². The smallest absolute Gasteiger partial charge is 0.255 e. The molecule has 1 aromatic rings. The third-order valence-electron chi connectivity index (χ3n) is 5.51. The van der Waals surface area contributed by atoms with Crippen molar-refractivity contribution in [2.24, 2.45) is 5.41 Å². The molecular weight excluding hydrogens is 252 g/mol. The van der Waals surface area contributed by atoms with Gasteiger partial charge in [-0.05, 0) is 44.2 Å². The Bertz CT molecular complexity index is 490. The number of amides is 1. The lowest BCUT2D eigenvalue weighted by Gasteiger charge is -2.59. The molecule has 2 heterocycles. The number of carbonyl (C=O) groups excluding carboxylic acids is 1. The summed E-state index contributed by atoms with van der Waals surface area (Å²) in [6.07, 6.45) is 7.98. The van der Waals surface area contributed by atoms with Gasteiger partial charge in [0, 0.05) is 30.9 Å². The normalized spacial score (nSPS) is 28.2. The van der Waals surface area contributed by atoms with Gasteiger partial charge in [-0.1, -0.05) is 6.92 Å². The maximum Gasteiger partial charge on any atom is 0.255 e. The predicted molar refractivity (Wildman–Crippen MR) is 76.3 cm³/mol. The first-order valence-corrected chi connectivity index (χ1v) is 7.52. The van der Waals surface area contributed by atoms with Gasteiger partial charge < -0.3 is 10.0 Å². The molecule has 1 amide bonds. The number of nitrogens with zero attached hydrogens (tertiary/aromatic N) is 2. The molecule has 0 radical (unpaired) electrons. The molecule has 1 aliphatic carbocycles. The third kappa shape index (κ3) is 1.94. The molecule has 3 rings (SSSR count). The lowest BCUT2D eigenvalue weighted by Crippen LogP contribution is -2.61. The van der Waals surface area contributed by atoms with Gasteiger partial charge in [0.1, 0.15) is 0 Å². The molecule has 1 N–H and O–H groups in total. The fraction of sp³-hybridized carbons (Fsp3) is 0.625. The van der Waals surface area contributed by atoms with Crippen LogP contribution in [0.4, 0.5) is 0 Å². The number of piperidine rings is 1. The minimum atomic E-state index is -0.490. The summed E-state index contributed by atoms with van der Waals surface area (Å²) < 4.78 is 0. The number of hydrogen-bond donors (Lipinski definition) is 1. The van der Waals surface area contributed by atoms with Crippen LogP contribution in [-0.4, -0.2) is 39.6 Å². The maximum atomic E-state index is 12.4. The van der Waals surface area contributed by atoms with E-state index in [4.69, 9.17) is 0 Å². The molecule has 4 heteroatoms. The minimum Gasteiger partial charge on any atom is -0.389 e. The number of likely N-dealkylation sites (tertiary alicyclic amines) is 1. The largest absolute Gasteiger partial charge is 0.389 e. The van der Waals surface area contributed by atoms with Crippen molar-refractivity contribution in [3.05, 3.63) is 30.1 Å². The zero-order valence-corrected chi connectivity index (χ0v) is 12.0. The summed E-state index contributed by atoms with van der Waals surface area (Å²) in [4.78, 5) is 18.3. The maximum absolute atomic E-state index is 12.4. The van der Waals surface area contributed by atoms with E-state index in [2.05, 4.69) is 11.9 Å². The second-order valence-electron chi connectivity index (χ2n) is 6.20. The molecule has 2 fully saturated rings. The van der Waals surface area contributed by atoms with Crippen LogP contribution >= 0.6 is 0 Å². The molecule has 20 heavy (non-hydrogen) atoms. The second kappa shape index (κ2) is 4.85. The van der Waals surface area contributed by atoms with E-state index in [1.807, 2.05) is 11.0 Å². The molecule has 108 valence electrons. The van der Waals surface area contributed by atoms with Gasteiger partial charge >= 0.3 is 0 Å². The highest BCUT2D eigenvalue weighted by Crippen LogP contribution is 2.57. The molecule has 1 saturated carbocycles. The van der Waals surface area contributed by atoms with E-state index in [-0.39, 0.29) is 11.3 Å². The first-order valence-electron chi connectivity index (χ1n) is 7.52. The van der Waals surface area contributed by atoms with Crippen molar-refractivity contribution in [2.45, 2.75) is 44.6 Å². The van der Waals surface area contributed by atoms with Crippen LogP contribution < -0.4 is 0 Å². The molecule has 0 bridgehead atoms. The highest BCUT2D eigenvalue weighted by Gasteiger charge is 2.57. The van der Waals surface area contributed by atoms with Crippen LogP contribution in [0.15, 0.2) is 24.5 Å². The zero-order chi connectivity index (χ0) is 14.2. The second-order valence-corrected chi connectivity index (χ2v) is 6.20. The number of pyridine rings is 1.